The zero-order valence-corrected chi connectivity index (χ0v) is 29.0. The zero-order chi connectivity index (χ0) is 33.4. The molecule has 0 aromatic heterocycles. The molecule has 0 heterocycles. The third-order valence-corrected chi connectivity index (χ3v) is 10.00. The van der Waals surface area contributed by atoms with Crippen LogP contribution in [0.25, 0.3) is 0 Å². The lowest BCUT2D eigenvalue weighted by molar-refractivity contribution is -0.140. The number of sulfonamides is 1. The van der Waals surface area contributed by atoms with Gasteiger partial charge < -0.3 is 10.2 Å². The van der Waals surface area contributed by atoms with Crippen molar-refractivity contribution < 1.29 is 18.0 Å². The minimum absolute atomic E-state index is 0.0302. The Hall–Kier alpha value is -3.27. The number of carbonyl (C=O) groups is 2. The highest BCUT2D eigenvalue weighted by Gasteiger charge is 2.35. The molecule has 4 aromatic rings. The normalized spacial score (nSPS) is 12.1. The first-order valence-corrected chi connectivity index (χ1v) is 17.4. The molecule has 7 nitrogen and oxygen atoms in total. The number of amides is 2. The van der Waals surface area contributed by atoms with Crippen LogP contribution in [-0.4, -0.2) is 44.3 Å². The molecule has 242 valence electrons. The van der Waals surface area contributed by atoms with Gasteiger partial charge in [-0.3, -0.25) is 13.9 Å². The third-order valence-electron chi connectivity index (χ3n) is 7.10. The fraction of sp³-hybridized carbons (Fsp3) is 0.235. The van der Waals surface area contributed by atoms with Gasteiger partial charge in [-0.05, 0) is 59.5 Å². The molecule has 0 spiro atoms. The van der Waals surface area contributed by atoms with Crippen LogP contribution in [0.1, 0.15) is 25.0 Å². The lowest BCUT2D eigenvalue weighted by Gasteiger charge is -2.34. The van der Waals surface area contributed by atoms with E-state index in [1.54, 1.807) is 36.4 Å². The maximum atomic E-state index is 14.5. The van der Waals surface area contributed by atoms with E-state index in [-0.39, 0.29) is 34.5 Å². The van der Waals surface area contributed by atoms with Gasteiger partial charge in [0.2, 0.25) is 11.8 Å². The molecule has 0 fully saturated rings. The first kappa shape index (κ1) is 35.6. The summed E-state index contributed by atoms with van der Waals surface area (Å²) in [7, 11) is -4.32. The summed E-state index contributed by atoms with van der Waals surface area (Å²) < 4.78 is 29.1. The van der Waals surface area contributed by atoms with Crippen LogP contribution < -0.4 is 9.62 Å². The van der Waals surface area contributed by atoms with E-state index in [1.165, 1.54) is 35.2 Å². The quantitative estimate of drug-likeness (QED) is 0.152. The molecule has 0 saturated heterocycles. The Kier molecular flexibility index (Phi) is 12.4. The fourth-order valence-electron chi connectivity index (χ4n) is 4.73. The number of benzene rings is 4. The molecule has 0 aliphatic carbocycles. The van der Waals surface area contributed by atoms with E-state index >= 15 is 0 Å². The van der Waals surface area contributed by atoms with Crippen molar-refractivity contribution in [2.24, 2.45) is 5.92 Å². The molecule has 0 unspecified atom stereocenters. The molecule has 4 aromatic carbocycles. The summed E-state index contributed by atoms with van der Waals surface area (Å²) in [4.78, 5) is 29.7. The van der Waals surface area contributed by atoms with Crippen molar-refractivity contribution in [2.45, 2.75) is 37.8 Å². The summed E-state index contributed by atoms with van der Waals surface area (Å²) in [6.07, 6.45) is 0.162. The standard InChI is InChI=1S/C34H33Cl4N3O4S/c1-23(2)20-39-34(43)32(17-24-9-5-3-6-10-24)40(21-25-13-14-26(35)18-29(25)37)33(42)22-41(31-16-15-27(36)19-30(31)38)46(44,45)28-11-7-4-8-12-28/h3-16,18-19,23,32H,17,20-22H2,1-2H3,(H,39,43)/t32-/m1/s1. The van der Waals surface area contributed by atoms with Crippen molar-refractivity contribution in [3.8, 4) is 0 Å². The molecule has 0 bridgehead atoms. The lowest BCUT2D eigenvalue weighted by Crippen LogP contribution is -2.53. The van der Waals surface area contributed by atoms with Crippen molar-refractivity contribution in [3.63, 3.8) is 0 Å². The highest BCUT2D eigenvalue weighted by molar-refractivity contribution is 7.92. The Morgan fingerprint density at radius 2 is 1.37 bits per heavy atom. The fourth-order valence-corrected chi connectivity index (χ4v) is 7.21. The Morgan fingerprint density at radius 3 is 1.96 bits per heavy atom. The second-order valence-corrected chi connectivity index (χ2v) is 14.6. The van der Waals surface area contributed by atoms with E-state index in [4.69, 9.17) is 46.4 Å². The van der Waals surface area contributed by atoms with E-state index in [9.17, 15) is 18.0 Å². The average molecular weight is 722 g/mol. The maximum absolute atomic E-state index is 14.5. The summed E-state index contributed by atoms with van der Waals surface area (Å²) in [5.41, 5.74) is 1.38. The van der Waals surface area contributed by atoms with Crippen LogP contribution in [0.15, 0.2) is 102 Å². The lowest BCUT2D eigenvalue weighted by atomic mass is 10.0. The predicted octanol–water partition coefficient (Wildman–Crippen LogP) is 7.91. The van der Waals surface area contributed by atoms with Crippen LogP contribution >= 0.6 is 46.4 Å². The van der Waals surface area contributed by atoms with Crippen LogP contribution in [-0.2, 0) is 32.6 Å². The van der Waals surface area contributed by atoms with Crippen molar-refractivity contribution in [3.05, 3.63) is 128 Å². The van der Waals surface area contributed by atoms with E-state index in [0.29, 0.717) is 27.2 Å². The first-order chi connectivity index (χ1) is 21.9. The average Bonchev–Trinajstić information content (AvgIpc) is 3.02. The van der Waals surface area contributed by atoms with Gasteiger partial charge in [-0.2, -0.15) is 0 Å². The number of rotatable bonds is 13. The zero-order valence-electron chi connectivity index (χ0n) is 25.2. The third kappa shape index (κ3) is 9.17. The van der Waals surface area contributed by atoms with Crippen LogP contribution in [0.2, 0.25) is 20.1 Å². The Morgan fingerprint density at radius 1 is 0.783 bits per heavy atom. The molecular formula is C34H33Cl4N3O4S. The summed E-state index contributed by atoms with van der Waals surface area (Å²) >= 11 is 25.4. The largest absolute Gasteiger partial charge is 0.354 e. The van der Waals surface area contributed by atoms with Gasteiger partial charge in [0.25, 0.3) is 10.0 Å². The molecule has 0 saturated carbocycles. The molecule has 0 aliphatic heterocycles. The summed E-state index contributed by atoms with van der Waals surface area (Å²) in [6.45, 7) is 3.53. The van der Waals surface area contributed by atoms with Crippen molar-refractivity contribution in [2.75, 3.05) is 17.4 Å². The minimum Gasteiger partial charge on any atom is -0.354 e. The Bertz CT molecular complexity index is 1770. The monoisotopic (exact) mass is 719 g/mol. The number of carbonyl (C=O) groups excluding carboxylic acids is 2. The molecule has 12 heteroatoms. The van der Waals surface area contributed by atoms with Gasteiger partial charge in [-0.15, -0.1) is 0 Å². The highest BCUT2D eigenvalue weighted by atomic mass is 35.5. The van der Waals surface area contributed by atoms with E-state index in [1.807, 2.05) is 44.2 Å². The predicted molar refractivity (Wildman–Crippen MR) is 186 cm³/mol. The number of anilines is 1. The van der Waals surface area contributed by atoms with Gasteiger partial charge >= 0.3 is 0 Å². The number of halogens is 4. The minimum atomic E-state index is -4.32. The first-order valence-electron chi connectivity index (χ1n) is 14.4. The molecule has 1 atom stereocenters. The SMILES string of the molecule is CC(C)CNC(=O)[C@@H](Cc1ccccc1)N(Cc1ccc(Cl)cc1Cl)C(=O)CN(c1ccc(Cl)cc1Cl)S(=O)(=O)c1ccccc1. The summed E-state index contributed by atoms with van der Waals surface area (Å²) in [6, 6.07) is 25.1. The maximum Gasteiger partial charge on any atom is 0.264 e. The van der Waals surface area contributed by atoms with Crippen LogP contribution in [0.4, 0.5) is 5.69 Å². The van der Waals surface area contributed by atoms with Crippen molar-refractivity contribution in [1.82, 2.24) is 10.2 Å². The van der Waals surface area contributed by atoms with E-state index in [0.717, 1.165) is 9.87 Å². The van der Waals surface area contributed by atoms with Crippen LogP contribution in [0.5, 0.6) is 0 Å². The molecular weight excluding hydrogens is 688 g/mol. The number of nitrogens with one attached hydrogen (secondary N) is 1. The van der Waals surface area contributed by atoms with Gasteiger partial charge in [0.05, 0.1) is 15.6 Å². The van der Waals surface area contributed by atoms with Gasteiger partial charge in [0.15, 0.2) is 0 Å². The topological polar surface area (TPSA) is 86.8 Å². The van der Waals surface area contributed by atoms with E-state index in [2.05, 4.69) is 5.32 Å². The highest BCUT2D eigenvalue weighted by Crippen LogP contribution is 2.33. The van der Waals surface area contributed by atoms with Gasteiger partial charge in [0.1, 0.15) is 12.6 Å². The van der Waals surface area contributed by atoms with Gasteiger partial charge in [-0.25, -0.2) is 8.42 Å². The molecule has 2 amide bonds. The molecule has 1 N–H and O–H groups in total. The number of hydrogen-bond donors (Lipinski definition) is 1. The molecule has 46 heavy (non-hydrogen) atoms. The second kappa shape index (κ2) is 16.0. The Labute approximate surface area is 290 Å². The van der Waals surface area contributed by atoms with Crippen molar-refractivity contribution in [1.29, 1.82) is 0 Å². The number of nitrogens with zero attached hydrogens (tertiary/aromatic N) is 2. The summed E-state index contributed by atoms with van der Waals surface area (Å²) in [5, 5.41) is 3.97. The summed E-state index contributed by atoms with van der Waals surface area (Å²) in [5.74, 6) is -0.898. The molecule has 0 radical (unpaired) electrons. The van der Waals surface area contributed by atoms with Gasteiger partial charge in [0, 0.05) is 34.6 Å². The van der Waals surface area contributed by atoms with Gasteiger partial charge in [-0.1, -0.05) is 115 Å². The van der Waals surface area contributed by atoms with Crippen LogP contribution in [0.3, 0.4) is 0 Å². The smallest absolute Gasteiger partial charge is 0.264 e. The van der Waals surface area contributed by atoms with Crippen LogP contribution in [0, 0.1) is 5.92 Å². The molecule has 4 rings (SSSR count). The van der Waals surface area contributed by atoms with Crippen molar-refractivity contribution >= 4 is 73.9 Å². The molecule has 0 aliphatic rings. The Balaban J connectivity index is 1.84. The number of hydrogen-bond acceptors (Lipinski definition) is 4. The second-order valence-electron chi connectivity index (χ2n) is 11.0. The van der Waals surface area contributed by atoms with E-state index < -0.39 is 34.4 Å².